The first-order valence-corrected chi connectivity index (χ1v) is 16.4. The molecule has 0 unspecified atom stereocenters. The van der Waals surface area contributed by atoms with Crippen LogP contribution in [0, 0.1) is 0 Å². The second kappa shape index (κ2) is 14.5. The fourth-order valence-corrected chi connectivity index (χ4v) is 6.42. The first kappa shape index (κ1) is 33.7. The monoisotopic (exact) mass is 662 g/mol. The predicted molar refractivity (Wildman–Crippen MR) is 194 cm³/mol. The van der Waals surface area contributed by atoms with E-state index in [9.17, 15) is 9.59 Å². The second-order valence-corrected chi connectivity index (χ2v) is 12.5. The molecule has 0 saturated carbocycles. The Bertz CT molecular complexity index is 1990. The Morgan fingerprint density at radius 2 is 0.740 bits per heavy atom. The van der Waals surface area contributed by atoms with Gasteiger partial charge in [-0.3, -0.25) is 4.79 Å². The van der Waals surface area contributed by atoms with E-state index < -0.39 is 11.6 Å². The number of carbonyl (C=O) groups is 2. The summed E-state index contributed by atoms with van der Waals surface area (Å²) >= 11 is 0. The molecule has 6 rings (SSSR count). The van der Waals surface area contributed by atoms with Crippen LogP contribution in [0.25, 0.3) is 0 Å². The third-order valence-corrected chi connectivity index (χ3v) is 9.04. The van der Waals surface area contributed by atoms with Crippen LogP contribution in [0.1, 0.15) is 54.2 Å². The molecule has 0 radical (unpaired) electrons. The molecule has 0 spiro atoms. The molecule has 0 amide bonds. The Balaban J connectivity index is 1.25. The van der Waals surface area contributed by atoms with Gasteiger partial charge < -0.3 is 18.9 Å². The van der Waals surface area contributed by atoms with Crippen molar-refractivity contribution in [1.82, 2.24) is 0 Å². The van der Waals surface area contributed by atoms with Crippen molar-refractivity contribution in [2.75, 3.05) is 7.11 Å². The zero-order valence-electron chi connectivity index (χ0n) is 28.5. The average molecular weight is 663 g/mol. The minimum Gasteiger partial charge on any atom is -0.497 e. The molecule has 0 atom stereocenters. The van der Waals surface area contributed by atoms with Crippen LogP contribution in [0.3, 0.4) is 0 Å². The maximum atomic E-state index is 12.9. The Morgan fingerprint density at radius 3 is 1.10 bits per heavy atom. The van der Waals surface area contributed by atoms with E-state index in [1.54, 1.807) is 43.5 Å². The van der Waals surface area contributed by atoms with Gasteiger partial charge in [0.2, 0.25) is 0 Å². The van der Waals surface area contributed by atoms with Gasteiger partial charge in [0.25, 0.3) is 0 Å². The minimum atomic E-state index is -0.835. The Labute approximate surface area is 292 Å². The zero-order valence-corrected chi connectivity index (χ0v) is 28.5. The van der Waals surface area contributed by atoms with Crippen LogP contribution < -0.4 is 18.9 Å². The summed E-state index contributed by atoms with van der Waals surface area (Å²) in [5, 5.41) is 0. The van der Waals surface area contributed by atoms with Crippen molar-refractivity contribution < 1.29 is 28.5 Å². The lowest BCUT2D eigenvalue weighted by atomic mass is 9.65. The van der Waals surface area contributed by atoms with Crippen molar-refractivity contribution in [3.8, 4) is 23.0 Å². The van der Waals surface area contributed by atoms with E-state index in [0.717, 1.165) is 39.1 Å². The fraction of sp³-hybridized carbons (Fsp3) is 0.136. The van der Waals surface area contributed by atoms with Gasteiger partial charge in [-0.15, -0.1) is 0 Å². The van der Waals surface area contributed by atoms with Crippen molar-refractivity contribution in [3.63, 3.8) is 0 Å². The molecule has 250 valence electrons. The number of esters is 1. The van der Waals surface area contributed by atoms with Crippen LogP contribution >= 0.6 is 0 Å². The van der Waals surface area contributed by atoms with E-state index in [-0.39, 0.29) is 11.4 Å². The van der Waals surface area contributed by atoms with E-state index in [1.165, 1.54) is 6.92 Å². The number of benzene rings is 6. The highest BCUT2D eigenvalue weighted by molar-refractivity contribution is 5.70. The van der Waals surface area contributed by atoms with E-state index in [2.05, 4.69) is 50.2 Å². The van der Waals surface area contributed by atoms with Crippen molar-refractivity contribution in [2.24, 2.45) is 0 Å². The lowest BCUT2D eigenvalue weighted by molar-refractivity contribution is -0.131. The second-order valence-electron chi connectivity index (χ2n) is 12.5. The molecule has 0 bridgehead atoms. The molecule has 0 saturated heterocycles. The van der Waals surface area contributed by atoms with Gasteiger partial charge in [0, 0.05) is 12.3 Å². The number of hydrogen-bond donors (Lipinski definition) is 0. The molecule has 0 N–H and O–H groups in total. The highest BCUT2D eigenvalue weighted by Crippen LogP contribution is 2.46. The summed E-state index contributed by atoms with van der Waals surface area (Å²) in [6, 6.07) is 50.9. The summed E-state index contributed by atoms with van der Waals surface area (Å²) < 4.78 is 21.8. The maximum Gasteiger partial charge on any atom is 0.519 e. The molecular weight excluding hydrogens is 624 g/mol. The number of ether oxygens (including phenoxy) is 4. The van der Waals surface area contributed by atoms with Crippen LogP contribution in [0.5, 0.6) is 23.0 Å². The largest absolute Gasteiger partial charge is 0.519 e. The van der Waals surface area contributed by atoms with Crippen LogP contribution in [-0.4, -0.2) is 19.2 Å². The van der Waals surface area contributed by atoms with Gasteiger partial charge >= 0.3 is 12.1 Å². The van der Waals surface area contributed by atoms with Gasteiger partial charge in [0.1, 0.15) is 23.0 Å². The average Bonchev–Trinajstić information content (AvgIpc) is 3.14. The van der Waals surface area contributed by atoms with Crippen LogP contribution in [0.2, 0.25) is 0 Å². The molecule has 6 aromatic carbocycles. The quantitative estimate of drug-likeness (QED) is 0.0630. The van der Waals surface area contributed by atoms with Crippen molar-refractivity contribution in [2.45, 2.75) is 31.6 Å². The summed E-state index contributed by atoms with van der Waals surface area (Å²) in [6.45, 7) is 5.67. The summed E-state index contributed by atoms with van der Waals surface area (Å²) in [4.78, 5) is 24.5. The lowest BCUT2D eigenvalue weighted by Gasteiger charge is -2.37. The van der Waals surface area contributed by atoms with Gasteiger partial charge in [-0.1, -0.05) is 123 Å². The Morgan fingerprint density at radius 1 is 0.420 bits per heavy atom. The third-order valence-electron chi connectivity index (χ3n) is 9.04. The first-order chi connectivity index (χ1) is 24.2. The Kier molecular flexibility index (Phi) is 9.82. The summed E-state index contributed by atoms with van der Waals surface area (Å²) in [5.41, 5.74) is 5.20. The van der Waals surface area contributed by atoms with Gasteiger partial charge in [-0.25, -0.2) is 4.79 Å². The molecule has 0 aromatic heterocycles. The smallest absolute Gasteiger partial charge is 0.497 e. The van der Waals surface area contributed by atoms with Crippen LogP contribution in [0.15, 0.2) is 158 Å². The van der Waals surface area contributed by atoms with Crippen LogP contribution in [0.4, 0.5) is 4.79 Å². The van der Waals surface area contributed by atoms with Crippen molar-refractivity contribution >= 4 is 12.1 Å². The van der Waals surface area contributed by atoms with E-state index in [0.29, 0.717) is 17.2 Å². The number of rotatable bonds is 10. The maximum absolute atomic E-state index is 12.9. The fourth-order valence-electron chi connectivity index (χ4n) is 6.42. The molecule has 0 aliphatic heterocycles. The first-order valence-electron chi connectivity index (χ1n) is 16.4. The molecule has 6 nitrogen and oxygen atoms in total. The standard InChI is InChI=1S/C44H38O6/c1-31(45)48-39-27-19-36(20-28-39)44(34-11-7-5-8-12-34,35-13-9-6-10-14-35)37-21-29-41(30-22-37)50-42(46)49-40-25-17-33(18-26-40)43(2,3)32-15-23-38(47-4)24-16-32/h5-30H,1-4H3. The molecule has 6 heteroatoms. The molecule has 0 aliphatic carbocycles. The SMILES string of the molecule is COc1ccc(C(C)(C)c2ccc(OC(=O)Oc3ccc(C(c4ccccc4)(c4ccccc4)c4ccc(OC(C)=O)cc4)cc3)cc2)cc1. The van der Waals surface area contributed by atoms with Crippen LogP contribution in [-0.2, 0) is 15.6 Å². The van der Waals surface area contributed by atoms with E-state index >= 15 is 0 Å². The van der Waals surface area contributed by atoms with Gasteiger partial charge in [-0.05, 0) is 81.9 Å². The molecule has 0 heterocycles. The van der Waals surface area contributed by atoms with Crippen molar-refractivity contribution in [3.05, 3.63) is 191 Å². The number of methoxy groups -OCH3 is 1. The third kappa shape index (κ3) is 7.01. The zero-order chi connectivity index (χ0) is 35.1. The molecular formula is C44H38O6. The Hall–Kier alpha value is -6.14. The summed E-state index contributed by atoms with van der Waals surface area (Å²) in [5.74, 6) is 1.62. The molecule has 0 fully saturated rings. The summed E-state index contributed by atoms with van der Waals surface area (Å²) in [6.07, 6.45) is -0.835. The topological polar surface area (TPSA) is 71.1 Å². The number of hydrogen-bond acceptors (Lipinski definition) is 6. The highest BCUT2D eigenvalue weighted by atomic mass is 16.7. The van der Waals surface area contributed by atoms with E-state index in [4.69, 9.17) is 18.9 Å². The van der Waals surface area contributed by atoms with Gasteiger partial charge in [0.15, 0.2) is 0 Å². The number of carbonyl (C=O) groups excluding carboxylic acids is 2. The summed E-state index contributed by atoms with van der Waals surface area (Å²) in [7, 11) is 1.65. The van der Waals surface area contributed by atoms with Gasteiger partial charge in [0.05, 0.1) is 12.5 Å². The lowest BCUT2D eigenvalue weighted by Crippen LogP contribution is -2.31. The van der Waals surface area contributed by atoms with Gasteiger partial charge in [-0.2, -0.15) is 0 Å². The molecule has 0 aliphatic rings. The predicted octanol–water partition coefficient (Wildman–Crippen LogP) is 9.91. The molecule has 50 heavy (non-hydrogen) atoms. The highest BCUT2D eigenvalue weighted by Gasteiger charge is 2.38. The van der Waals surface area contributed by atoms with E-state index in [1.807, 2.05) is 84.9 Å². The normalized spacial score (nSPS) is 11.4. The molecule has 6 aromatic rings. The van der Waals surface area contributed by atoms with Crippen molar-refractivity contribution in [1.29, 1.82) is 0 Å². The minimum absolute atomic E-state index is 0.272.